The highest BCUT2D eigenvalue weighted by atomic mass is 32.2. The zero-order valence-corrected chi connectivity index (χ0v) is 22.8. The molecule has 1 heterocycles. The number of methoxy groups -OCH3 is 1. The number of rotatable bonds is 9. The van der Waals surface area contributed by atoms with Crippen LogP contribution in [0.4, 0.5) is 18.0 Å². The van der Waals surface area contributed by atoms with E-state index >= 15 is 0 Å². The molecule has 1 amide bonds. The molecule has 0 N–H and O–H groups in total. The summed E-state index contributed by atoms with van der Waals surface area (Å²) in [5, 5.41) is -1.09. The summed E-state index contributed by atoms with van der Waals surface area (Å²) in [6.07, 6.45) is 0.542. The predicted molar refractivity (Wildman–Crippen MR) is 129 cm³/mol. The van der Waals surface area contributed by atoms with Gasteiger partial charge in [-0.3, -0.25) is 0 Å². The van der Waals surface area contributed by atoms with Crippen molar-refractivity contribution in [2.75, 3.05) is 20.2 Å². The van der Waals surface area contributed by atoms with Crippen LogP contribution in [-0.2, 0) is 30.4 Å². The maximum atomic E-state index is 13.1. The van der Waals surface area contributed by atoms with Crippen LogP contribution in [0.15, 0.2) is 36.1 Å². The first kappa shape index (κ1) is 29.7. The molecule has 8 nitrogen and oxygen atoms in total. The molecular weight excluding hydrogens is 519 g/mol. The molecule has 0 aromatic heterocycles. The summed E-state index contributed by atoms with van der Waals surface area (Å²) >= 11 is 0. The number of alkyl halides is 3. The van der Waals surface area contributed by atoms with Gasteiger partial charge >= 0.3 is 27.7 Å². The molecule has 1 unspecified atom stereocenters. The third-order valence-corrected chi connectivity index (χ3v) is 15.0. The Balaban J connectivity index is 2.30. The minimum absolute atomic E-state index is 0.0337. The number of hydrogen-bond acceptors (Lipinski definition) is 7. The Morgan fingerprint density at radius 2 is 1.64 bits per heavy atom. The van der Waals surface area contributed by atoms with Gasteiger partial charge in [-0.2, -0.15) is 21.6 Å². The van der Waals surface area contributed by atoms with E-state index in [1.54, 1.807) is 19.1 Å². The van der Waals surface area contributed by atoms with Gasteiger partial charge in [0.25, 0.3) is 0 Å². The van der Waals surface area contributed by atoms with E-state index in [1.165, 1.54) is 30.2 Å². The second-order valence-corrected chi connectivity index (χ2v) is 16.2. The largest absolute Gasteiger partial charge is 0.534 e. The smallest absolute Gasteiger partial charge is 0.465 e. The van der Waals surface area contributed by atoms with Gasteiger partial charge in [0.05, 0.1) is 20.7 Å². The van der Waals surface area contributed by atoms with Crippen molar-refractivity contribution in [2.24, 2.45) is 0 Å². The van der Waals surface area contributed by atoms with Crippen molar-refractivity contribution in [3.05, 3.63) is 47.2 Å². The van der Waals surface area contributed by atoms with Gasteiger partial charge in [-0.15, -0.1) is 0 Å². The van der Waals surface area contributed by atoms with E-state index in [4.69, 9.17) is 8.92 Å². The van der Waals surface area contributed by atoms with Crippen LogP contribution in [0.25, 0.3) is 0 Å². The van der Waals surface area contributed by atoms with Crippen LogP contribution in [-0.4, -0.2) is 59.2 Å². The van der Waals surface area contributed by atoms with E-state index in [0.717, 1.165) is 0 Å². The first-order valence-electron chi connectivity index (χ1n) is 11.5. The van der Waals surface area contributed by atoms with Crippen LogP contribution in [0.2, 0.25) is 23.2 Å². The second-order valence-electron chi connectivity index (χ2n) is 8.85. The fraction of sp³-hybridized carbons (Fsp3) is 0.565. The molecular formula is C23H32F3NO7SSi. The average Bonchev–Trinajstić information content (AvgIpc) is 2.84. The fourth-order valence-corrected chi connectivity index (χ4v) is 10.5. The van der Waals surface area contributed by atoms with E-state index < -0.39 is 40.8 Å². The van der Waals surface area contributed by atoms with Crippen molar-refractivity contribution < 1.29 is 44.8 Å². The molecule has 202 valence electrons. The second kappa shape index (κ2) is 11.2. The van der Waals surface area contributed by atoms with Crippen molar-refractivity contribution >= 4 is 30.3 Å². The Morgan fingerprint density at radius 3 is 2.11 bits per heavy atom. The fourth-order valence-electron chi connectivity index (χ4n) is 4.81. The summed E-state index contributed by atoms with van der Waals surface area (Å²) in [5.74, 6) is -0.765. The molecule has 36 heavy (non-hydrogen) atoms. The van der Waals surface area contributed by atoms with E-state index in [0.29, 0.717) is 29.3 Å². The summed E-state index contributed by atoms with van der Waals surface area (Å²) in [5.41, 5.74) is -4.61. The Kier molecular flexibility index (Phi) is 9.27. The van der Waals surface area contributed by atoms with Crippen molar-refractivity contribution in [2.45, 2.75) is 63.0 Å². The maximum Gasteiger partial charge on any atom is 0.534 e. The minimum atomic E-state index is -5.86. The first-order valence-corrected chi connectivity index (χ1v) is 15.5. The maximum absolute atomic E-state index is 13.1. The molecule has 0 bridgehead atoms. The highest BCUT2D eigenvalue weighted by Gasteiger charge is 2.56. The van der Waals surface area contributed by atoms with E-state index in [1.807, 2.05) is 20.8 Å². The molecule has 0 saturated heterocycles. The normalized spacial score (nSPS) is 18.9. The van der Waals surface area contributed by atoms with Crippen LogP contribution >= 0.6 is 0 Å². The van der Waals surface area contributed by atoms with Crippen molar-refractivity contribution in [3.8, 4) is 0 Å². The number of ether oxygens (including phenoxy) is 2. The first-order chi connectivity index (χ1) is 16.7. The van der Waals surface area contributed by atoms with Crippen LogP contribution < -0.4 is 0 Å². The molecule has 0 saturated carbocycles. The molecule has 2 rings (SSSR count). The Bertz CT molecular complexity index is 1080. The topological polar surface area (TPSA) is 99.2 Å². The quantitative estimate of drug-likeness (QED) is 0.174. The highest BCUT2D eigenvalue weighted by Crippen LogP contribution is 2.54. The lowest BCUT2D eigenvalue weighted by Crippen LogP contribution is -2.55. The molecule has 0 fully saturated rings. The number of esters is 1. The molecule has 0 spiro atoms. The third-order valence-electron chi connectivity index (χ3n) is 7.23. The van der Waals surface area contributed by atoms with Gasteiger partial charge in [-0.05, 0) is 23.8 Å². The summed E-state index contributed by atoms with van der Waals surface area (Å²) in [6, 6.07) is 8.23. The average molecular weight is 552 g/mol. The number of carbonyl (C=O) groups is 2. The molecule has 0 radical (unpaired) electrons. The Morgan fingerprint density at radius 1 is 1.08 bits per heavy atom. The number of nitrogens with zero attached hydrogens (tertiary/aromatic N) is 1. The Hall–Kier alpha value is -2.54. The molecule has 1 aromatic rings. The van der Waals surface area contributed by atoms with Crippen molar-refractivity contribution in [1.29, 1.82) is 0 Å². The van der Waals surface area contributed by atoms with Gasteiger partial charge < -0.3 is 18.6 Å². The lowest BCUT2D eigenvalue weighted by atomic mass is 10.0. The molecule has 1 aliphatic heterocycles. The predicted octanol–water partition coefficient (Wildman–Crippen LogP) is 5.44. The number of hydrogen-bond donors (Lipinski definition) is 0. The SMILES string of the molecule is CC[Si](CC)(CC)C1(C)CN(C(=O)OCc2ccc(C(=O)OC)cc2)CC=C1OS(=O)(=O)C(F)(F)F. The summed E-state index contributed by atoms with van der Waals surface area (Å²) in [6.45, 7) is 7.16. The molecule has 1 atom stereocenters. The van der Waals surface area contributed by atoms with Crippen LogP contribution in [0.3, 0.4) is 0 Å². The number of halogens is 3. The van der Waals surface area contributed by atoms with Gasteiger partial charge in [0.15, 0.2) is 0 Å². The summed E-state index contributed by atoms with van der Waals surface area (Å²) in [7, 11) is -7.07. The van der Waals surface area contributed by atoms with Gasteiger partial charge in [0, 0.05) is 18.1 Å². The van der Waals surface area contributed by atoms with E-state index in [-0.39, 0.29) is 25.5 Å². The zero-order valence-electron chi connectivity index (χ0n) is 21.0. The monoisotopic (exact) mass is 551 g/mol. The van der Waals surface area contributed by atoms with Crippen LogP contribution in [0.5, 0.6) is 0 Å². The number of amides is 1. The van der Waals surface area contributed by atoms with Crippen LogP contribution in [0.1, 0.15) is 43.6 Å². The lowest BCUT2D eigenvalue weighted by Gasteiger charge is -2.50. The van der Waals surface area contributed by atoms with E-state index in [2.05, 4.69) is 4.74 Å². The number of carbonyl (C=O) groups excluding carboxylic acids is 2. The molecule has 1 aromatic carbocycles. The minimum Gasteiger partial charge on any atom is -0.465 e. The summed E-state index contributed by atoms with van der Waals surface area (Å²) < 4.78 is 77.8. The lowest BCUT2D eigenvalue weighted by molar-refractivity contribution is -0.0528. The third kappa shape index (κ3) is 5.88. The van der Waals surface area contributed by atoms with Gasteiger partial charge in [0.2, 0.25) is 0 Å². The van der Waals surface area contributed by atoms with Crippen molar-refractivity contribution in [3.63, 3.8) is 0 Å². The Labute approximate surface area is 210 Å². The standard InChI is InChI=1S/C23H32F3NO7SSi/c1-6-36(7-2,8-3)22(4)16-27(14-13-19(22)34-35(30,31)23(24,25)26)21(29)33-15-17-9-11-18(12-10-17)20(28)32-5/h9-13H,6-8,14-16H2,1-5H3. The highest BCUT2D eigenvalue weighted by molar-refractivity contribution is 7.87. The van der Waals surface area contributed by atoms with Crippen molar-refractivity contribution in [1.82, 2.24) is 4.90 Å². The van der Waals surface area contributed by atoms with Crippen LogP contribution in [0, 0.1) is 0 Å². The molecule has 1 aliphatic rings. The van der Waals surface area contributed by atoms with E-state index in [9.17, 15) is 31.2 Å². The van der Waals surface area contributed by atoms with Gasteiger partial charge in [-0.25, -0.2) is 9.59 Å². The van der Waals surface area contributed by atoms with Gasteiger partial charge in [-0.1, -0.05) is 58.0 Å². The molecule has 0 aliphatic carbocycles. The number of benzene rings is 1. The van der Waals surface area contributed by atoms with Gasteiger partial charge in [0.1, 0.15) is 12.4 Å². The zero-order chi connectivity index (χ0) is 27.4. The molecule has 13 heteroatoms. The summed E-state index contributed by atoms with van der Waals surface area (Å²) in [4.78, 5) is 25.8.